The number of aromatic nitrogens is 1. The number of hydrogen-bond donors (Lipinski definition) is 1. The zero-order valence-corrected chi connectivity index (χ0v) is 13.9. The van der Waals surface area contributed by atoms with Crippen molar-refractivity contribution in [1.29, 1.82) is 0 Å². The van der Waals surface area contributed by atoms with E-state index in [0.717, 1.165) is 6.54 Å². The van der Waals surface area contributed by atoms with Crippen molar-refractivity contribution in [3.63, 3.8) is 0 Å². The highest BCUT2D eigenvalue weighted by molar-refractivity contribution is 6.30. The van der Waals surface area contributed by atoms with E-state index in [2.05, 4.69) is 46.4 Å². The molecule has 0 bridgehead atoms. The minimum absolute atomic E-state index is 0.0427. The number of carbonyl (C=O) groups is 1. The molecule has 1 aromatic carbocycles. The molecule has 1 aliphatic carbocycles. The lowest BCUT2D eigenvalue weighted by molar-refractivity contribution is -0.117. The van der Waals surface area contributed by atoms with E-state index in [0.29, 0.717) is 23.4 Å². The predicted molar refractivity (Wildman–Crippen MR) is 92.5 cm³/mol. The van der Waals surface area contributed by atoms with Crippen molar-refractivity contribution in [1.82, 2.24) is 9.88 Å². The van der Waals surface area contributed by atoms with Crippen molar-refractivity contribution in [3.8, 4) is 0 Å². The van der Waals surface area contributed by atoms with Gasteiger partial charge in [-0.1, -0.05) is 41.4 Å². The second-order valence-corrected chi connectivity index (χ2v) is 6.47. The summed E-state index contributed by atoms with van der Waals surface area (Å²) in [6.45, 7) is 3.25. The Morgan fingerprint density at radius 1 is 1.26 bits per heavy atom. The topological polar surface area (TPSA) is 45.2 Å². The third kappa shape index (κ3) is 4.78. The number of pyridine rings is 1. The third-order valence-corrected chi connectivity index (χ3v) is 4.13. The molecule has 1 saturated carbocycles. The monoisotopic (exact) mass is 329 g/mol. The summed E-state index contributed by atoms with van der Waals surface area (Å²) in [6.07, 6.45) is 3.86. The molecule has 120 valence electrons. The number of rotatable bonds is 6. The van der Waals surface area contributed by atoms with Crippen LogP contribution in [-0.4, -0.2) is 28.4 Å². The molecule has 0 aliphatic heterocycles. The molecule has 0 spiro atoms. The molecule has 3 rings (SSSR count). The molecular weight excluding hydrogens is 310 g/mol. The first-order chi connectivity index (χ1) is 11.1. The smallest absolute Gasteiger partial charge is 0.239 e. The van der Waals surface area contributed by atoms with Gasteiger partial charge in [0, 0.05) is 18.8 Å². The van der Waals surface area contributed by atoms with Gasteiger partial charge < -0.3 is 5.32 Å². The van der Waals surface area contributed by atoms with Gasteiger partial charge >= 0.3 is 0 Å². The number of nitrogens with one attached hydrogen (secondary N) is 1. The zero-order valence-electron chi connectivity index (χ0n) is 13.1. The molecule has 5 heteroatoms. The second kappa shape index (κ2) is 7.11. The van der Waals surface area contributed by atoms with Gasteiger partial charge in [0.1, 0.15) is 5.82 Å². The lowest BCUT2D eigenvalue weighted by Crippen LogP contribution is -2.34. The fraction of sp³-hybridized carbons (Fsp3) is 0.333. The maximum absolute atomic E-state index is 12.3. The van der Waals surface area contributed by atoms with Crippen molar-refractivity contribution >= 4 is 23.3 Å². The van der Waals surface area contributed by atoms with Crippen molar-refractivity contribution < 1.29 is 4.79 Å². The van der Waals surface area contributed by atoms with Crippen LogP contribution in [0.15, 0.2) is 42.6 Å². The molecule has 0 radical (unpaired) electrons. The third-order valence-electron chi connectivity index (χ3n) is 3.91. The highest BCUT2D eigenvalue weighted by atomic mass is 35.5. The van der Waals surface area contributed by atoms with Crippen LogP contribution in [0.3, 0.4) is 0 Å². The maximum Gasteiger partial charge on any atom is 0.239 e. The molecule has 0 saturated heterocycles. The van der Waals surface area contributed by atoms with Crippen LogP contribution < -0.4 is 5.32 Å². The Morgan fingerprint density at radius 3 is 2.61 bits per heavy atom. The lowest BCUT2D eigenvalue weighted by Gasteiger charge is -2.21. The summed E-state index contributed by atoms with van der Waals surface area (Å²) in [5.41, 5.74) is 2.48. The van der Waals surface area contributed by atoms with E-state index in [9.17, 15) is 4.79 Å². The zero-order chi connectivity index (χ0) is 16.2. The summed E-state index contributed by atoms with van der Waals surface area (Å²) in [4.78, 5) is 18.6. The second-order valence-electron chi connectivity index (χ2n) is 6.03. The molecule has 4 nitrogen and oxygen atoms in total. The van der Waals surface area contributed by atoms with Crippen LogP contribution in [0.25, 0.3) is 0 Å². The van der Waals surface area contributed by atoms with E-state index in [-0.39, 0.29) is 5.91 Å². The number of nitrogens with zero attached hydrogens (tertiary/aromatic N) is 2. The molecule has 0 atom stereocenters. The van der Waals surface area contributed by atoms with Crippen molar-refractivity contribution in [3.05, 3.63) is 58.7 Å². The summed E-state index contributed by atoms with van der Waals surface area (Å²) < 4.78 is 0. The minimum Gasteiger partial charge on any atom is -0.310 e. The van der Waals surface area contributed by atoms with Gasteiger partial charge in [-0.25, -0.2) is 4.98 Å². The Balaban J connectivity index is 1.59. The van der Waals surface area contributed by atoms with Crippen LogP contribution in [0.5, 0.6) is 0 Å². The fourth-order valence-electron chi connectivity index (χ4n) is 2.50. The van der Waals surface area contributed by atoms with Crippen molar-refractivity contribution in [2.75, 3.05) is 11.9 Å². The van der Waals surface area contributed by atoms with Crippen molar-refractivity contribution in [2.24, 2.45) is 0 Å². The Hall–Kier alpha value is -1.91. The van der Waals surface area contributed by atoms with Crippen LogP contribution >= 0.6 is 11.6 Å². The number of hydrogen-bond acceptors (Lipinski definition) is 3. The Kier molecular flexibility index (Phi) is 4.94. The summed E-state index contributed by atoms with van der Waals surface area (Å²) >= 11 is 5.80. The summed E-state index contributed by atoms with van der Waals surface area (Å²) in [5.74, 6) is 0.490. The van der Waals surface area contributed by atoms with Crippen LogP contribution in [0, 0.1) is 6.92 Å². The van der Waals surface area contributed by atoms with E-state index < -0.39 is 0 Å². The van der Waals surface area contributed by atoms with Gasteiger partial charge in [-0.15, -0.1) is 0 Å². The molecule has 0 unspecified atom stereocenters. The number of amides is 1. The van der Waals surface area contributed by atoms with E-state index >= 15 is 0 Å². The standard InChI is InChI=1S/C18H20ClN3O/c1-13-2-4-14(5-3-13)11-22(16-7-8-16)12-18(23)21-17-9-6-15(19)10-20-17/h2-6,9-10,16H,7-8,11-12H2,1H3,(H,20,21,23). The van der Waals surface area contributed by atoms with Gasteiger partial charge in [-0.2, -0.15) is 0 Å². The minimum atomic E-state index is -0.0427. The highest BCUT2D eigenvalue weighted by Gasteiger charge is 2.30. The molecule has 23 heavy (non-hydrogen) atoms. The quantitative estimate of drug-likeness (QED) is 0.880. The Morgan fingerprint density at radius 2 is 2.00 bits per heavy atom. The van der Waals surface area contributed by atoms with E-state index in [4.69, 9.17) is 11.6 Å². The molecule has 1 heterocycles. The largest absolute Gasteiger partial charge is 0.310 e. The first-order valence-electron chi connectivity index (χ1n) is 7.81. The molecule has 1 fully saturated rings. The normalized spacial score (nSPS) is 14.0. The van der Waals surface area contributed by atoms with E-state index in [1.165, 1.54) is 30.2 Å². The summed E-state index contributed by atoms with van der Waals surface area (Å²) in [6, 6.07) is 12.4. The molecular formula is C18H20ClN3O. The average molecular weight is 330 g/mol. The first-order valence-corrected chi connectivity index (χ1v) is 8.19. The number of carbonyl (C=O) groups excluding carboxylic acids is 1. The van der Waals surface area contributed by atoms with Crippen LogP contribution in [0.4, 0.5) is 5.82 Å². The van der Waals surface area contributed by atoms with Gasteiger partial charge in [0.15, 0.2) is 0 Å². The molecule has 1 aromatic heterocycles. The Labute approximate surface area is 141 Å². The molecule has 1 aliphatic rings. The van der Waals surface area contributed by atoms with E-state index in [1.54, 1.807) is 12.1 Å². The fourth-order valence-corrected chi connectivity index (χ4v) is 2.61. The molecule has 1 amide bonds. The maximum atomic E-state index is 12.3. The summed E-state index contributed by atoms with van der Waals surface area (Å²) in [5, 5.41) is 3.38. The van der Waals surface area contributed by atoms with Gasteiger partial charge in [0.25, 0.3) is 0 Å². The van der Waals surface area contributed by atoms with Gasteiger partial charge in [0.05, 0.1) is 11.6 Å². The number of anilines is 1. The van der Waals surface area contributed by atoms with Gasteiger partial charge in [-0.05, 0) is 37.5 Å². The highest BCUT2D eigenvalue weighted by Crippen LogP contribution is 2.28. The number of benzene rings is 1. The SMILES string of the molecule is Cc1ccc(CN(CC(=O)Nc2ccc(Cl)cn2)C2CC2)cc1. The first kappa shape index (κ1) is 16.0. The van der Waals surface area contributed by atoms with Gasteiger partial charge in [-0.3, -0.25) is 9.69 Å². The van der Waals surface area contributed by atoms with Gasteiger partial charge in [0.2, 0.25) is 5.91 Å². The molecule has 1 N–H and O–H groups in total. The average Bonchev–Trinajstić information content (AvgIpc) is 3.36. The van der Waals surface area contributed by atoms with Crippen LogP contribution in [-0.2, 0) is 11.3 Å². The number of aryl methyl sites for hydroxylation is 1. The number of halogens is 1. The van der Waals surface area contributed by atoms with Crippen molar-refractivity contribution in [2.45, 2.75) is 32.4 Å². The van der Waals surface area contributed by atoms with E-state index in [1.807, 2.05) is 0 Å². The summed E-state index contributed by atoms with van der Waals surface area (Å²) in [7, 11) is 0. The molecule has 2 aromatic rings. The van der Waals surface area contributed by atoms with Crippen LogP contribution in [0.1, 0.15) is 24.0 Å². The predicted octanol–water partition coefficient (Wildman–Crippen LogP) is 3.65. The van der Waals surface area contributed by atoms with Crippen LogP contribution in [0.2, 0.25) is 5.02 Å². The Bertz CT molecular complexity index is 666. The lowest BCUT2D eigenvalue weighted by atomic mass is 10.1.